The van der Waals surface area contributed by atoms with Gasteiger partial charge in [-0.3, -0.25) is 4.79 Å². The van der Waals surface area contributed by atoms with Crippen molar-refractivity contribution >= 4 is 5.97 Å². The molecule has 1 aromatic rings. The van der Waals surface area contributed by atoms with Gasteiger partial charge in [0.1, 0.15) is 5.75 Å². The van der Waals surface area contributed by atoms with Gasteiger partial charge in [0.2, 0.25) is 0 Å². The summed E-state index contributed by atoms with van der Waals surface area (Å²) in [6.07, 6.45) is 0. The number of aliphatic carboxylic acids is 1. The standard InChI is InChI=1S/C14H18O3/c1-8-5-6-9(7-10(8)17-4)11-12(13(15)16)14(11,2)3/h5-7,11-12H,1-4H3,(H,15,16)/t11-,12+/m0/s1. The lowest BCUT2D eigenvalue weighted by molar-refractivity contribution is -0.139. The molecule has 0 aliphatic heterocycles. The summed E-state index contributed by atoms with van der Waals surface area (Å²) in [6, 6.07) is 5.96. The van der Waals surface area contributed by atoms with Crippen molar-refractivity contribution < 1.29 is 14.6 Å². The van der Waals surface area contributed by atoms with Crippen LogP contribution < -0.4 is 4.74 Å². The lowest BCUT2D eigenvalue weighted by atomic mass is 10.0. The van der Waals surface area contributed by atoms with Crippen LogP contribution in [0.5, 0.6) is 5.75 Å². The van der Waals surface area contributed by atoms with Crippen molar-refractivity contribution in [3.8, 4) is 5.75 Å². The van der Waals surface area contributed by atoms with Crippen LogP contribution >= 0.6 is 0 Å². The van der Waals surface area contributed by atoms with Crippen LogP contribution in [0.4, 0.5) is 0 Å². The normalized spacial score (nSPS) is 25.4. The summed E-state index contributed by atoms with van der Waals surface area (Å²) in [6.45, 7) is 5.99. The van der Waals surface area contributed by atoms with Gasteiger partial charge in [-0.05, 0) is 29.5 Å². The zero-order valence-electron chi connectivity index (χ0n) is 10.7. The van der Waals surface area contributed by atoms with E-state index in [0.29, 0.717) is 0 Å². The van der Waals surface area contributed by atoms with Gasteiger partial charge in [-0.15, -0.1) is 0 Å². The van der Waals surface area contributed by atoms with Crippen molar-refractivity contribution in [1.82, 2.24) is 0 Å². The average Bonchev–Trinajstić information content (AvgIpc) is 2.82. The number of hydrogen-bond acceptors (Lipinski definition) is 2. The number of carboxylic acid groups (broad SMARTS) is 1. The first-order valence-electron chi connectivity index (χ1n) is 5.77. The number of rotatable bonds is 3. The van der Waals surface area contributed by atoms with E-state index >= 15 is 0 Å². The molecule has 1 aliphatic carbocycles. The van der Waals surface area contributed by atoms with E-state index in [2.05, 4.69) is 0 Å². The minimum atomic E-state index is -0.709. The SMILES string of the molecule is COc1cc([C@H]2[C@H](C(=O)O)C2(C)C)ccc1C. The molecule has 0 radical (unpaired) electrons. The highest BCUT2D eigenvalue weighted by Crippen LogP contribution is 2.64. The fourth-order valence-corrected chi connectivity index (χ4v) is 2.75. The first-order valence-corrected chi connectivity index (χ1v) is 5.77. The van der Waals surface area contributed by atoms with Gasteiger partial charge in [-0.2, -0.15) is 0 Å². The molecule has 1 aliphatic rings. The smallest absolute Gasteiger partial charge is 0.307 e. The van der Waals surface area contributed by atoms with Gasteiger partial charge in [0.25, 0.3) is 0 Å². The molecule has 0 amide bonds. The van der Waals surface area contributed by atoms with E-state index in [9.17, 15) is 9.90 Å². The number of aryl methyl sites for hydroxylation is 1. The Balaban J connectivity index is 2.34. The molecule has 1 aromatic carbocycles. The van der Waals surface area contributed by atoms with Crippen LogP contribution in [0.1, 0.15) is 30.9 Å². The van der Waals surface area contributed by atoms with E-state index in [1.807, 2.05) is 39.0 Å². The molecule has 0 aromatic heterocycles. The summed E-state index contributed by atoms with van der Waals surface area (Å²) in [4.78, 5) is 11.2. The number of benzene rings is 1. The van der Waals surface area contributed by atoms with Crippen LogP contribution in [-0.4, -0.2) is 18.2 Å². The minimum Gasteiger partial charge on any atom is -0.496 e. The lowest BCUT2D eigenvalue weighted by Gasteiger charge is -2.08. The van der Waals surface area contributed by atoms with Crippen molar-refractivity contribution in [3.05, 3.63) is 29.3 Å². The van der Waals surface area contributed by atoms with Crippen LogP contribution in [-0.2, 0) is 4.79 Å². The number of methoxy groups -OCH3 is 1. The Labute approximate surface area is 101 Å². The van der Waals surface area contributed by atoms with Crippen LogP contribution in [0.25, 0.3) is 0 Å². The quantitative estimate of drug-likeness (QED) is 0.874. The highest BCUT2D eigenvalue weighted by molar-refractivity contribution is 5.77. The van der Waals surface area contributed by atoms with Gasteiger partial charge in [-0.1, -0.05) is 26.0 Å². The topological polar surface area (TPSA) is 46.5 Å². The minimum absolute atomic E-state index is 0.0921. The molecule has 2 atom stereocenters. The largest absolute Gasteiger partial charge is 0.496 e. The second-order valence-corrected chi connectivity index (χ2v) is 5.34. The molecule has 17 heavy (non-hydrogen) atoms. The summed E-state index contributed by atoms with van der Waals surface area (Å²) >= 11 is 0. The Bertz CT molecular complexity index is 463. The Hall–Kier alpha value is -1.51. The molecule has 0 bridgehead atoms. The zero-order valence-corrected chi connectivity index (χ0v) is 10.7. The number of ether oxygens (including phenoxy) is 1. The molecule has 0 unspecified atom stereocenters. The van der Waals surface area contributed by atoms with Crippen LogP contribution in [0, 0.1) is 18.3 Å². The van der Waals surface area contributed by atoms with Crippen molar-refractivity contribution in [3.63, 3.8) is 0 Å². The molecular formula is C14H18O3. The van der Waals surface area contributed by atoms with E-state index in [1.54, 1.807) is 7.11 Å². The van der Waals surface area contributed by atoms with Crippen LogP contribution in [0.2, 0.25) is 0 Å². The van der Waals surface area contributed by atoms with Crippen molar-refractivity contribution in [1.29, 1.82) is 0 Å². The molecule has 3 heteroatoms. The van der Waals surface area contributed by atoms with Gasteiger partial charge in [0.05, 0.1) is 13.0 Å². The average molecular weight is 234 g/mol. The molecule has 0 saturated heterocycles. The Morgan fingerprint density at radius 2 is 2.06 bits per heavy atom. The maximum Gasteiger partial charge on any atom is 0.307 e. The number of carbonyl (C=O) groups is 1. The Morgan fingerprint density at radius 3 is 2.53 bits per heavy atom. The maximum absolute atomic E-state index is 11.2. The lowest BCUT2D eigenvalue weighted by Crippen LogP contribution is -2.03. The zero-order chi connectivity index (χ0) is 12.8. The number of hydrogen-bond donors (Lipinski definition) is 1. The van der Waals surface area contributed by atoms with Crippen molar-refractivity contribution in [2.45, 2.75) is 26.7 Å². The third kappa shape index (κ3) is 1.79. The molecule has 92 valence electrons. The van der Waals surface area contributed by atoms with Crippen LogP contribution in [0.15, 0.2) is 18.2 Å². The molecule has 0 spiro atoms. The third-order valence-electron chi connectivity index (χ3n) is 3.88. The second kappa shape index (κ2) is 3.76. The molecule has 1 fully saturated rings. The van der Waals surface area contributed by atoms with E-state index in [1.165, 1.54) is 0 Å². The Kier molecular flexibility index (Phi) is 2.64. The van der Waals surface area contributed by atoms with Gasteiger partial charge in [0, 0.05) is 5.92 Å². The molecular weight excluding hydrogens is 216 g/mol. The first-order chi connectivity index (χ1) is 7.89. The van der Waals surface area contributed by atoms with E-state index in [4.69, 9.17) is 4.74 Å². The van der Waals surface area contributed by atoms with Crippen LogP contribution in [0.3, 0.4) is 0 Å². The van der Waals surface area contributed by atoms with Gasteiger partial charge < -0.3 is 9.84 Å². The summed E-state index contributed by atoms with van der Waals surface area (Å²) < 4.78 is 5.28. The van der Waals surface area contributed by atoms with Gasteiger partial charge in [0.15, 0.2) is 0 Å². The molecule has 1 N–H and O–H groups in total. The van der Waals surface area contributed by atoms with Crippen molar-refractivity contribution in [2.24, 2.45) is 11.3 Å². The van der Waals surface area contributed by atoms with Gasteiger partial charge >= 0.3 is 5.97 Å². The first kappa shape index (κ1) is 12.0. The highest BCUT2D eigenvalue weighted by atomic mass is 16.5. The summed E-state index contributed by atoms with van der Waals surface area (Å²) in [5, 5.41) is 9.17. The highest BCUT2D eigenvalue weighted by Gasteiger charge is 2.62. The van der Waals surface area contributed by atoms with E-state index in [-0.39, 0.29) is 17.3 Å². The van der Waals surface area contributed by atoms with Crippen molar-refractivity contribution in [2.75, 3.05) is 7.11 Å². The summed E-state index contributed by atoms with van der Waals surface area (Å²) in [7, 11) is 1.64. The molecule has 0 heterocycles. The Morgan fingerprint density at radius 1 is 1.41 bits per heavy atom. The molecule has 3 nitrogen and oxygen atoms in total. The number of carboxylic acids is 1. The monoisotopic (exact) mass is 234 g/mol. The predicted octanol–water partition coefficient (Wildman–Crippen LogP) is 2.83. The van der Waals surface area contributed by atoms with E-state index in [0.717, 1.165) is 16.9 Å². The fraction of sp³-hybridized carbons (Fsp3) is 0.500. The fourth-order valence-electron chi connectivity index (χ4n) is 2.75. The molecule has 1 saturated carbocycles. The second-order valence-electron chi connectivity index (χ2n) is 5.34. The van der Waals surface area contributed by atoms with E-state index < -0.39 is 5.97 Å². The predicted molar refractivity (Wildman–Crippen MR) is 65.4 cm³/mol. The third-order valence-corrected chi connectivity index (χ3v) is 3.88. The molecule has 2 rings (SSSR count). The summed E-state index contributed by atoms with van der Waals surface area (Å²) in [5.41, 5.74) is 1.97. The summed E-state index contributed by atoms with van der Waals surface area (Å²) in [5.74, 6) is -0.0710. The maximum atomic E-state index is 11.2. The van der Waals surface area contributed by atoms with Gasteiger partial charge in [-0.25, -0.2) is 0 Å².